The highest BCUT2D eigenvalue weighted by molar-refractivity contribution is 6.36. The monoisotopic (exact) mass is 671 g/mol. The number of likely N-dealkylation sites (N-methyl/N-ethyl adjacent to an activating group) is 1. The number of aromatic nitrogens is 2. The molecule has 3 aliphatic heterocycles. The molecule has 1 fully saturated rings. The molecular formula is C36H42ClN7O4. The number of hydrogen-bond donors (Lipinski definition) is 4. The molecule has 252 valence electrons. The van der Waals surface area contributed by atoms with E-state index in [4.69, 9.17) is 11.6 Å². The van der Waals surface area contributed by atoms with Crippen molar-refractivity contribution in [3.8, 4) is 11.1 Å². The molecule has 0 radical (unpaired) electrons. The molecule has 0 saturated carbocycles. The van der Waals surface area contributed by atoms with Gasteiger partial charge in [-0.25, -0.2) is 4.98 Å². The van der Waals surface area contributed by atoms with Crippen molar-refractivity contribution in [2.24, 2.45) is 7.05 Å². The van der Waals surface area contributed by atoms with Gasteiger partial charge in [-0.3, -0.25) is 19.4 Å². The van der Waals surface area contributed by atoms with E-state index in [0.717, 1.165) is 60.7 Å². The molecule has 0 bridgehead atoms. The van der Waals surface area contributed by atoms with Gasteiger partial charge in [-0.15, -0.1) is 0 Å². The number of carbonyl (C=O) groups is 2. The first-order valence-electron chi connectivity index (χ1n) is 16.3. The minimum Gasteiger partial charge on any atom is -0.392 e. The molecule has 11 nitrogen and oxygen atoms in total. The van der Waals surface area contributed by atoms with Crippen LogP contribution in [0.15, 0.2) is 47.7 Å². The van der Waals surface area contributed by atoms with Gasteiger partial charge in [0.15, 0.2) is 12.1 Å². The van der Waals surface area contributed by atoms with Gasteiger partial charge in [0.05, 0.1) is 22.4 Å². The molecule has 2 amide bonds. The van der Waals surface area contributed by atoms with Crippen molar-refractivity contribution in [3.05, 3.63) is 87.6 Å². The first-order chi connectivity index (χ1) is 23.0. The normalized spacial score (nSPS) is 18.9. The Bertz CT molecular complexity index is 1780. The second-order valence-corrected chi connectivity index (χ2v) is 13.3. The van der Waals surface area contributed by atoms with Crippen molar-refractivity contribution < 1.29 is 19.8 Å². The summed E-state index contributed by atoms with van der Waals surface area (Å²) in [5.74, 6) is -0.545. The predicted molar refractivity (Wildman–Crippen MR) is 185 cm³/mol. The van der Waals surface area contributed by atoms with E-state index in [1.807, 2.05) is 36.9 Å². The van der Waals surface area contributed by atoms with Crippen molar-refractivity contribution >= 4 is 34.8 Å². The van der Waals surface area contributed by atoms with Crippen LogP contribution >= 0.6 is 11.6 Å². The number of nitrogens with one attached hydrogen (secondary N) is 2. The number of carbonyl (C=O) groups excluding carboxylic acids is 2. The van der Waals surface area contributed by atoms with Crippen molar-refractivity contribution in [1.82, 2.24) is 24.3 Å². The van der Waals surface area contributed by atoms with Crippen molar-refractivity contribution in [2.45, 2.75) is 52.0 Å². The van der Waals surface area contributed by atoms with E-state index < -0.39 is 18.2 Å². The predicted octanol–water partition coefficient (Wildman–Crippen LogP) is 3.75. The summed E-state index contributed by atoms with van der Waals surface area (Å²) < 4.78 is 1.81. The van der Waals surface area contributed by atoms with E-state index >= 15 is 0 Å². The number of anilines is 2. The van der Waals surface area contributed by atoms with Gasteiger partial charge in [-0.05, 0) is 80.8 Å². The van der Waals surface area contributed by atoms with Crippen LogP contribution in [0.5, 0.6) is 0 Å². The maximum absolute atomic E-state index is 13.5. The molecule has 1 aromatic heterocycles. The number of amides is 2. The highest BCUT2D eigenvalue weighted by Crippen LogP contribution is 2.37. The highest BCUT2D eigenvalue weighted by atomic mass is 35.5. The Balaban J connectivity index is 1.19. The number of halogens is 1. The first kappa shape index (κ1) is 33.7. The van der Waals surface area contributed by atoms with Crippen molar-refractivity contribution in [2.75, 3.05) is 50.4 Å². The summed E-state index contributed by atoms with van der Waals surface area (Å²) >= 11 is 6.89. The van der Waals surface area contributed by atoms with E-state index in [1.54, 1.807) is 37.1 Å². The van der Waals surface area contributed by atoms with Crippen molar-refractivity contribution in [3.63, 3.8) is 0 Å². The number of β-amino-alcohol motifs (C(OH)–C–C–N with tert-alkyl or cyclic N) is 1. The number of aliphatic hydroxyl groups excluding tert-OH is 2. The Morgan fingerprint density at radius 2 is 1.88 bits per heavy atom. The summed E-state index contributed by atoms with van der Waals surface area (Å²) in [6.07, 6.45) is 5.23. The Morgan fingerprint density at radius 3 is 2.62 bits per heavy atom. The van der Waals surface area contributed by atoms with Crippen LogP contribution in [-0.4, -0.2) is 98.4 Å². The fraction of sp³-hybridized carbons (Fsp3) is 0.417. The lowest BCUT2D eigenvalue weighted by molar-refractivity contribution is -0.114. The Labute approximate surface area is 286 Å². The quantitative estimate of drug-likeness (QED) is 0.271. The van der Waals surface area contributed by atoms with Gasteiger partial charge in [0.25, 0.3) is 11.8 Å². The summed E-state index contributed by atoms with van der Waals surface area (Å²) in [7, 11) is 3.59. The standard InChI is InChI=1S/C36H42ClN7O4/c1-22(45)18-44-16-13-31-30(21-44)38-33(42(31)4)35(47)40-29-12-8-10-26(32(29)37)25-9-7-11-28(23(25)2)39-34(46)27-17-24(19-41(3)36(27)48)20-43-14-5-6-15-43/h7,9-11,17,19,22,36,45,48H,5-6,13-16,18,20-21H2,1-4H3,(H,39,46)(H,40,47)/t22-,36?/m0/s1. The zero-order valence-corrected chi connectivity index (χ0v) is 28.6. The number of nitrogens with zero attached hydrogens (tertiary/aromatic N) is 5. The molecule has 0 aliphatic carbocycles. The highest BCUT2D eigenvalue weighted by Gasteiger charge is 2.28. The van der Waals surface area contributed by atoms with Crippen LogP contribution in [0.3, 0.4) is 0 Å². The SMILES string of the molecule is Cc1c(NC(=O)C2=CC(CN3CCCC3)=CN(C)C2O)cccc1-c1cc#cc(NC(=O)c2nc3c(n2C)CCN(C[C@H](C)O)C3)c1Cl. The van der Waals surface area contributed by atoms with Crippen LogP contribution in [-0.2, 0) is 24.8 Å². The molecule has 3 aliphatic rings. The smallest absolute Gasteiger partial charge is 0.292 e. The molecule has 48 heavy (non-hydrogen) atoms. The first-order valence-corrected chi connectivity index (χ1v) is 16.7. The molecular weight excluding hydrogens is 630 g/mol. The minimum atomic E-state index is -1.07. The third-order valence-corrected chi connectivity index (χ3v) is 9.67. The van der Waals surface area contributed by atoms with Gasteiger partial charge in [0.1, 0.15) is 5.69 Å². The van der Waals surface area contributed by atoms with Gasteiger partial charge in [-0.2, -0.15) is 0 Å². The number of benzene rings is 1. The zero-order valence-electron chi connectivity index (χ0n) is 27.8. The summed E-state index contributed by atoms with van der Waals surface area (Å²) in [4.78, 5) is 37.8. The number of rotatable bonds is 9. The number of likely N-dealkylation sites (tertiary alicyclic amines) is 1. The Morgan fingerprint density at radius 1 is 1.10 bits per heavy atom. The fourth-order valence-electron chi connectivity index (χ4n) is 6.79. The van der Waals surface area contributed by atoms with Crippen LogP contribution in [0, 0.1) is 19.1 Å². The topological polar surface area (TPSA) is 126 Å². The van der Waals surface area contributed by atoms with E-state index in [0.29, 0.717) is 24.3 Å². The van der Waals surface area contributed by atoms with Crippen molar-refractivity contribution in [1.29, 1.82) is 0 Å². The molecule has 0 spiro atoms. The van der Waals surface area contributed by atoms with Gasteiger partial charge in [0, 0.05) is 69.8 Å². The van der Waals surface area contributed by atoms with E-state index in [-0.39, 0.29) is 28.0 Å². The molecule has 1 unspecified atom stereocenters. The molecule has 12 heteroatoms. The summed E-state index contributed by atoms with van der Waals surface area (Å²) in [6.45, 7) is 8.31. The van der Waals surface area contributed by atoms with E-state index in [1.165, 1.54) is 12.8 Å². The maximum atomic E-state index is 13.5. The lowest BCUT2D eigenvalue weighted by Crippen LogP contribution is -2.38. The van der Waals surface area contributed by atoms with Crippen LogP contribution in [0.4, 0.5) is 11.4 Å². The molecule has 1 saturated heterocycles. The number of hydrogen-bond acceptors (Lipinski definition) is 8. The second kappa shape index (κ2) is 14.1. The van der Waals surface area contributed by atoms with Crippen LogP contribution in [0.2, 0.25) is 5.02 Å². The third-order valence-electron chi connectivity index (χ3n) is 9.28. The van der Waals surface area contributed by atoms with Crippen LogP contribution < -0.4 is 10.6 Å². The van der Waals surface area contributed by atoms with Gasteiger partial charge < -0.3 is 30.3 Å². The number of imidazole rings is 1. The lowest BCUT2D eigenvalue weighted by Gasteiger charge is -2.30. The molecule has 4 heterocycles. The zero-order chi connectivity index (χ0) is 34.1. The Kier molecular flexibility index (Phi) is 9.92. The molecule has 2 aromatic carbocycles. The van der Waals surface area contributed by atoms with Gasteiger partial charge in [-0.1, -0.05) is 29.8 Å². The molecule has 2 atom stereocenters. The largest absolute Gasteiger partial charge is 0.392 e. The molecule has 6 rings (SSSR count). The molecule has 3 aromatic rings. The van der Waals surface area contributed by atoms with Gasteiger partial charge in [0.2, 0.25) is 0 Å². The van der Waals surface area contributed by atoms with Crippen LogP contribution in [0.25, 0.3) is 11.1 Å². The maximum Gasteiger partial charge on any atom is 0.292 e. The van der Waals surface area contributed by atoms with Crippen LogP contribution in [0.1, 0.15) is 47.3 Å². The third kappa shape index (κ3) is 6.99. The lowest BCUT2D eigenvalue weighted by atomic mass is 9.98. The number of aliphatic hydroxyl groups is 2. The average molecular weight is 672 g/mol. The van der Waals surface area contributed by atoms with E-state index in [9.17, 15) is 19.8 Å². The minimum absolute atomic E-state index is 0.262. The molecule has 4 N–H and O–H groups in total. The second-order valence-electron chi connectivity index (χ2n) is 13.0. The summed E-state index contributed by atoms with van der Waals surface area (Å²) in [5.41, 5.74) is 6.01. The van der Waals surface area contributed by atoms with E-state index in [2.05, 4.69) is 37.6 Å². The Hall–Kier alpha value is -4.18. The summed E-state index contributed by atoms with van der Waals surface area (Å²) in [6, 6.07) is 13.1. The van der Waals surface area contributed by atoms with Gasteiger partial charge >= 0.3 is 0 Å². The average Bonchev–Trinajstić information content (AvgIpc) is 3.68. The summed E-state index contributed by atoms with van der Waals surface area (Å²) in [5, 5.41) is 26.8. The fourth-order valence-corrected chi connectivity index (χ4v) is 7.04. The number of fused-ring (bicyclic) bond motifs is 1.